The molecule has 2 aromatic rings. The van der Waals surface area contributed by atoms with E-state index in [1.165, 1.54) is 0 Å². The van der Waals surface area contributed by atoms with Gasteiger partial charge in [-0.25, -0.2) is 4.79 Å². The van der Waals surface area contributed by atoms with Crippen LogP contribution >= 0.6 is 0 Å². The highest BCUT2D eigenvalue weighted by molar-refractivity contribution is 5.88. The van der Waals surface area contributed by atoms with Crippen LogP contribution in [-0.4, -0.2) is 6.03 Å². The first-order valence-corrected chi connectivity index (χ1v) is 5.56. The van der Waals surface area contributed by atoms with Gasteiger partial charge in [0.2, 0.25) is 0 Å². The molecule has 18 heavy (non-hydrogen) atoms. The number of hydroxylamine groups is 1. The summed E-state index contributed by atoms with van der Waals surface area (Å²) in [5, 5.41) is 1.07. The number of carbonyl (C=O) groups excluding carboxylic acids is 1. The van der Waals surface area contributed by atoms with Crippen LogP contribution < -0.4 is 15.6 Å². The molecule has 0 heterocycles. The van der Waals surface area contributed by atoms with E-state index in [9.17, 15) is 4.79 Å². The molecule has 0 unspecified atom stereocenters. The van der Waals surface area contributed by atoms with Crippen molar-refractivity contribution in [3.63, 3.8) is 0 Å². The van der Waals surface area contributed by atoms with E-state index in [1.54, 1.807) is 18.2 Å². The normalized spacial score (nSPS) is 9.83. The summed E-state index contributed by atoms with van der Waals surface area (Å²) < 4.78 is 0. The minimum atomic E-state index is -0.663. The van der Waals surface area contributed by atoms with E-state index in [0.29, 0.717) is 11.4 Å². The Labute approximate surface area is 106 Å². The van der Waals surface area contributed by atoms with E-state index < -0.39 is 6.03 Å². The van der Waals surface area contributed by atoms with E-state index in [4.69, 9.17) is 10.6 Å². The van der Waals surface area contributed by atoms with Gasteiger partial charge >= 0.3 is 6.03 Å². The number of urea groups is 1. The van der Waals surface area contributed by atoms with Gasteiger partial charge < -0.3 is 10.6 Å². The van der Waals surface area contributed by atoms with Gasteiger partial charge in [0.15, 0.2) is 5.75 Å². The molecule has 2 amide bonds. The first-order chi connectivity index (χ1) is 8.68. The second kappa shape index (κ2) is 5.23. The third-order valence-electron chi connectivity index (χ3n) is 2.47. The molecule has 0 aliphatic carbocycles. The Morgan fingerprint density at radius 3 is 2.28 bits per heavy atom. The Balaban J connectivity index is 2.28. The maximum Gasteiger partial charge on any atom is 0.352 e. The molecular weight excluding hydrogens is 228 g/mol. The number of carbonyl (C=O) groups is 1. The Kier molecular flexibility index (Phi) is 3.48. The summed E-state index contributed by atoms with van der Waals surface area (Å²) in [4.78, 5) is 17.0. The van der Waals surface area contributed by atoms with Crippen molar-refractivity contribution in [1.29, 1.82) is 0 Å². The van der Waals surface area contributed by atoms with Crippen molar-refractivity contribution in [2.24, 2.45) is 5.73 Å². The molecule has 0 radical (unpaired) electrons. The van der Waals surface area contributed by atoms with Gasteiger partial charge in [-0.2, -0.15) is 0 Å². The molecule has 4 nitrogen and oxygen atoms in total. The first-order valence-electron chi connectivity index (χ1n) is 5.56. The maximum atomic E-state index is 11.4. The number of primary amides is 1. The second-order valence-corrected chi connectivity index (χ2v) is 3.82. The van der Waals surface area contributed by atoms with Crippen LogP contribution in [-0.2, 0) is 0 Å². The summed E-state index contributed by atoms with van der Waals surface area (Å²) in [7, 11) is 0. The number of anilines is 1. The molecule has 0 saturated carbocycles. The highest BCUT2D eigenvalue weighted by Crippen LogP contribution is 2.21. The van der Waals surface area contributed by atoms with E-state index >= 15 is 0 Å². The molecular formula is C14H14N2O2. The number of aryl methyl sites for hydroxylation is 1. The standard InChI is InChI=1S/C14H14N2O2/c1-11-7-5-6-10-13(11)18-16(14(15)17)12-8-3-2-4-9-12/h2-10H,1H3,(H2,15,17). The lowest BCUT2D eigenvalue weighted by Crippen LogP contribution is -2.38. The van der Waals surface area contributed by atoms with Gasteiger partial charge in [0.1, 0.15) is 0 Å². The third-order valence-corrected chi connectivity index (χ3v) is 2.47. The number of benzene rings is 2. The molecule has 2 rings (SSSR count). The lowest BCUT2D eigenvalue weighted by atomic mass is 10.2. The highest BCUT2D eigenvalue weighted by atomic mass is 16.7. The smallest absolute Gasteiger partial charge is 0.352 e. The Bertz CT molecular complexity index is 541. The van der Waals surface area contributed by atoms with Crippen molar-refractivity contribution in [2.45, 2.75) is 6.92 Å². The van der Waals surface area contributed by atoms with Gasteiger partial charge in [0.05, 0.1) is 5.69 Å². The van der Waals surface area contributed by atoms with Gasteiger partial charge in [0.25, 0.3) is 0 Å². The van der Waals surface area contributed by atoms with Crippen LogP contribution in [0, 0.1) is 6.92 Å². The molecule has 0 aromatic heterocycles. The lowest BCUT2D eigenvalue weighted by Gasteiger charge is -2.21. The van der Waals surface area contributed by atoms with E-state index in [0.717, 1.165) is 10.6 Å². The van der Waals surface area contributed by atoms with Crippen LogP contribution in [0.5, 0.6) is 5.75 Å². The number of hydrogen-bond acceptors (Lipinski definition) is 2. The Morgan fingerprint density at radius 1 is 1.06 bits per heavy atom. The van der Waals surface area contributed by atoms with Crippen LogP contribution in [0.1, 0.15) is 5.56 Å². The zero-order valence-electron chi connectivity index (χ0n) is 10.0. The summed E-state index contributed by atoms with van der Waals surface area (Å²) in [5.41, 5.74) is 6.85. The van der Waals surface area contributed by atoms with Gasteiger partial charge in [0, 0.05) is 0 Å². The first kappa shape index (κ1) is 12.0. The zero-order valence-corrected chi connectivity index (χ0v) is 10.0. The zero-order chi connectivity index (χ0) is 13.0. The molecule has 2 aromatic carbocycles. The van der Waals surface area contributed by atoms with Crippen LogP contribution in [0.3, 0.4) is 0 Å². The average Bonchev–Trinajstić information content (AvgIpc) is 2.38. The SMILES string of the molecule is Cc1ccccc1ON(C(N)=O)c1ccccc1. The molecule has 92 valence electrons. The summed E-state index contributed by atoms with van der Waals surface area (Å²) in [5.74, 6) is 0.597. The van der Waals surface area contributed by atoms with E-state index in [2.05, 4.69) is 0 Å². The molecule has 0 aliphatic heterocycles. The summed E-state index contributed by atoms with van der Waals surface area (Å²) >= 11 is 0. The van der Waals surface area contributed by atoms with Crippen LogP contribution in [0.15, 0.2) is 54.6 Å². The van der Waals surface area contributed by atoms with E-state index in [-0.39, 0.29) is 0 Å². The second-order valence-electron chi connectivity index (χ2n) is 3.82. The fraction of sp³-hybridized carbons (Fsp3) is 0.0714. The molecule has 0 bridgehead atoms. The molecule has 4 heteroatoms. The van der Waals surface area contributed by atoms with Crippen molar-refractivity contribution >= 4 is 11.7 Å². The van der Waals surface area contributed by atoms with Crippen molar-refractivity contribution in [3.05, 3.63) is 60.2 Å². The predicted molar refractivity (Wildman–Crippen MR) is 70.3 cm³/mol. The number of amides is 2. The van der Waals surface area contributed by atoms with Gasteiger partial charge in [-0.3, -0.25) is 0 Å². The maximum absolute atomic E-state index is 11.4. The number of para-hydroxylation sites is 2. The van der Waals surface area contributed by atoms with Gasteiger partial charge in [-0.1, -0.05) is 36.4 Å². The fourth-order valence-electron chi connectivity index (χ4n) is 1.55. The predicted octanol–water partition coefficient (Wildman–Crippen LogP) is 2.87. The summed E-state index contributed by atoms with van der Waals surface area (Å²) in [6.07, 6.45) is 0. The highest BCUT2D eigenvalue weighted by Gasteiger charge is 2.15. The summed E-state index contributed by atoms with van der Waals surface area (Å²) in [6.45, 7) is 1.90. The minimum absolute atomic E-state index is 0.591. The van der Waals surface area contributed by atoms with Crippen molar-refractivity contribution < 1.29 is 9.63 Å². The largest absolute Gasteiger partial charge is 0.370 e. The quantitative estimate of drug-likeness (QED) is 0.841. The molecule has 0 saturated heterocycles. The van der Waals surface area contributed by atoms with Crippen LogP contribution in [0.4, 0.5) is 10.5 Å². The molecule has 0 spiro atoms. The van der Waals surface area contributed by atoms with Crippen molar-refractivity contribution in [2.75, 3.05) is 5.06 Å². The Morgan fingerprint density at radius 2 is 1.67 bits per heavy atom. The van der Waals surface area contributed by atoms with Crippen LogP contribution in [0.25, 0.3) is 0 Å². The monoisotopic (exact) mass is 242 g/mol. The molecule has 2 N–H and O–H groups in total. The van der Waals surface area contributed by atoms with E-state index in [1.807, 2.05) is 43.3 Å². The fourth-order valence-corrected chi connectivity index (χ4v) is 1.55. The number of nitrogens with zero attached hydrogens (tertiary/aromatic N) is 1. The molecule has 0 atom stereocenters. The minimum Gasteiger partial charge on any atom is -0.370 e. The topological polar surface area (TPSA) is 55.6 Å². The lowest BCUT2D eigenvalue weighted by molar-refractivity contribution is 0.221. The van der Waals surface area contributed by atoms with Crippen molar-refractivity contribution in [3.8, 4) is 5.75 Å². The third kappa shape index (κ3) is 2.60. The number of nitrogens with two attached hydrogens (primary N) is 1. The van der Waals surface area contributed by atoms with Gasteiger partial charge in [-0.05, 0) is 30.7 Å². The van der Waals surface area contributed by atoms with Crippen molar-refractivity contribution in [1.82, 2.24) is 0 Å². The number of rotatable bonds is 3. The summed E-state index contributed by atoms with van der Waals surface area (Å²) in [6, 6.07) is 15.8. The Hall–Kier alpha value is -2.49. The van der Waals surface area contributed by atoms with Gasteiger partial charge in [-0.15, -0.1) is 5.06 Å². The molecule has 0 fully saturated rings. The molecule has 0 aliphatic rings. The number of hydrogen-bond donors (Lipinski definition) is 1. The average molecular weight is 242 g/mol. The van der Waals surface area contributed by atoms with Crippen LogP contribution in [0.2, 0.25) is 0 Å².